The summed E-state index contributed by atoms with van der Waals surface area (Å²) in [5.74, 6) is 1.61. The van der Waals surface area contributed by atoms with Crippen LogP contribution in [0, 0.1) is 0 Å². The predicted molar refractivity (Wildman–Crippen MR) is 128 cm³/mol. The molecule has 1 N–H and O–H groups in total. The molecule has 164 valence electrons. The number of thioether (sulfide) groups is 1. The lowest BCUT2D eigenvalue weighted by molar-refractivity contribution is 0.649. The first-order valence-corrected chi connectivity index (χ1v) is 13.0. The van der Waals surface area contributed by atoms with E-state index in [9.17, 15) is 9.00 Å². The topological polar surface area (TPSA) is 75.7 Å². The molecule has 31 heavy (non-hydrogen) atoms. The van der Waals surface area contributed by atoms with E-state index in [4.69, 9.17) is 11.6 Å². The number of benzene rings is 1. The molecule has 0 spiro atoms. The highest BCUT2D eigenvalue weighted by Crippen LogP contribution is 2.17. The zero-order valence-electron chi connectivity index (χ0n) is 17.3. The van der Waals surface area contributed by atoms with E-state index in [1.54, 1.807) is 42.5 Å². The fourth-order valence-corrected chi connectivity index (χ4v) is 5.17. The maximum absolute atomic E-state index is 12.3. The monoisotopic (exact) mass is 475 g/mol. The van der Waals surface area contributed by atoms with E-state index in [2.05, 4.69) is 15.0 Å². The molecule has 0 aliphatic rings. The largest absolute Gasteiger partial charge is 0.301 e. The third-order valence-corrected chi connectivity index (χ3v) is 7.44. The van der Waals surface area contributed by atoms with Crippen molar-refractivity contribution in [3.8, 4) is 0 Å². The van der Waals surface area contributed by atoms with E-state index >= 15 is 0 Å². The van der Waals surface area contributed by atoms with Crippen LogP contribution in [-0.2, 0) is 17.2 Å². The van der Waals surface area contributed by atoms with Gasteiger partial charge in [-0.15, -0.1) is 0 Å². The molecule has 0 aliphatic carbocycles. The summed E-state index contributed by atoms with van der Waals surface area (Å²) in [5.41, 5.74) is 1.55. The molecule has 3 rings (SSSR count). The van der Waals surface area contributed by atoms with Gasteiger partial charge < -0.3 is 4.98 Å². The fourth-order valence-electron chi connectivity index (χ4n) is 3.07. The van der Waals surface area contributed by atoms with E-state index < -0.39 is 10.8 Å². The van der Waals surface area contributed by atoms with E-state index in [1.165, 1.54) is 0 Å². The molecule has 2 aromatic heterocycles. The molecule has 8 heteroatoms. The third kappa shape index (κ3) is 8.24. The fraction of sp³-hybridized carbons (Fsp3) is 0.348. The van der Waals surface area contributed by atoms with Crippen LogP contribution in [0.1, 0.15) is 43.2 Å². The van der Waals surface area contributed by atoms with Gasteiger partial charge in [-0.05, 0) is 48.7 Å². The van der Waals surface area contributed by atoms with Crippen LogP contribution in [0.2, 0.25) is 5.02 Å². The summed E-state index contributed by atoms with van der Waals surface area (Å²) in [4.78, 5) is 24.4. The summed E-state index contributed by atoms with van der Waals surface area (Å²) in [5, 5.41) is 1.33. The predicted octanol–water partition coefficient (Wildman–Crippen LogP) is 5.26. The average Bonchev–Trinajstić information content (AvgIpc) is 2.78. The first kappa shape index (κ1) is 23.7. The summed E-state index contributed by atoms with van der Waals surface area (Å²) < 4.78 is 12.2. The second-order valence-corrected chi connectivity index (χ2v) is 10.3. The van der Waals surface area contributed by atoms with Gasteiger partial charge in [-0.25, -0.2) is 4.98 Å². The van der Waals surface area contributed by atoms with Crippen LogP contribution >= 0.6 is 23.4 Å². The summed E-state index contributed by atoms with van der Waals surface area (Å²) in [6, 6.07) is 11.0. The van der Waals surface area contributed by atoms with Crippen LogP contribution in [-0.4, -0.2) is 30.7 Å². The number of pyridine rings is 1. The molecule has 1 aromatic carbocycles. The molecule has 0 aliphatic heterocycles. The number of hydrogen-bond acceptors (Lipinski definition) is 5. The van der Waals surface area contributed by atoms with Crippen LogP contribution in [0.3, 0.4) is 0 Å². The summed E-state index contributed by atoms with van der Waals surface area (Å²) >= 11 is 7.44. The van der Waals surface area contributed by atoms with Crippen molar-refractivity contribution in [3.63, 3.8) is 0 Å². The Labute approximate surface area is 194 Å². The SMILES string of the molecule is O=c1[nH]c(SCCCCCCCS(=O)c2ccc(Cl)cc2)ncc1Cc1cccnc1. The minimum atomic E-state index is -0.951. The lowest BCUT2D eigenvalue weighted by atomic mass is 10.1. The van der Waals surface area contributed by atoms with Crippen LogP contribution in [0.25, 0.3) is 0 Å². The van der Waals surface area contributed by atoms with E-state index in [-0.39, 0.29) is 5.56 Å². The lowest BCUT2D eigenvalue weighted by Crippen LogP contribution is -2.14. The van der Waals surface area contributed by atoms with Gasteiger partial charge in [-0.1, -0.05) is 48.7 Å². The molecule has 0 fully saturated rings. The number of unbranched alkanes of at least 4 members (excludes halogenated alkanes) is 4. The molecule has 3 aromatic rings. The van der Waals surface area contributed by atoms with Crippen LogP contribution in [0.4, 0.5) is 0 Å². The number of aromatic nitrogens is 3. The minimum absolute atomic E-state index is 0.0879. The molecule has 0 saturated carbocycles. The summed E-state index contributed by atoms with van der Waals surface area (Å²) in [7, 11) is -0.951. The van der Waals surface area contributed by atoms with Gasteiger partial charge >= 0.3 is 0 Å². The molecule has 0 saturated heterocycles. The number of hydrogen-bond donors (Lipinski definition) is 1. The number of nitrogens with zero attached hydrogens (tertiary/aromatic N) is 2. The molecular formula is C23H26ClN3O2S2. The molecule has 0 amide bonds. The van der Waals surface area contributed by atoms with Crippen molar-refractivity contribution >= 4 is 34.2 Å². The Kier molecular flexibility index (Phi) is 9.78. The average molecular weight is 476 g/mol. The molecule has 5 nitrogen and oxygen atoms in total. The molecule has 0 radical (unpaired) electrons. The standard InChI is InChI=1S/C23H26ClN3O2S2/c24-20-8-10-21(11-9-20)31(29)14-5-3-1-2-4-13-30-23-26-17-19(22(28)27-23)15-18-7-6-12-25-16-18/h6-12,16-17H,1-5,13-15H2,(H,26,27,28). The van der Waals surface area contributed by atoms with Crippen LogP contribution < -0.4 is 5.56 Å². The highest BCUT2D eigenvalue weighted by molar-refractivity contribution is 7.99. The van der Waals surface area contributed by atoms with Crippen molar-refractivity contribution in [1.82, 2.24) is 15.0 Å². The van der Waals surface area contributed by atoms with Crippen molar-refractivity contribution < 1.29 is 4.21 Å². The smallest absolute Gasteiger partial charge is 0.255 e. The number of nitrogens with one attached hydrogen (secondary N) is 1. The first-order valence-electron chi connectivity index (χ1n) is 10.4. The third-order valence-electron chi connectivity index (χ3n) is 4.76. The van der Waals surface area contributed by atoms with Gasteiger partial charge in [0.15, 0.2) is 5.16 Å². The minimum Gasteiger partial charge on any atom is -0.301 e. The van der Waals surface area contributed by atoms with Gasteiger partial charge in [0.1, 0.15) is 0 Å². The first-order chi connectivity index (χ1) is 15.1. The van der Waals surface area contributed by atoms with Gasteiger partial charge in [0, 0.05) is 52.0 Å². The number of halogens is 1. The Bertz CT molecular complexity index is 1030. The van der Waals surface area contributed by atoms with Crippen LogP contribution in [0.5, 0.6) is 0 Å². The van der Waals surface area contributed by atoms with Crippen molar-refractivity contribution in [1.29, 1.82) is 0 Å². The summed E-state index contributed by atoms with van der Waals surface area (Å²) in [6.07, 6.45) is 11.0. The van der Waals surface area contributed by atoms with E-state index in [0.29, 0.717) is 27.9 Å². The van der Waals surface area contributed by atoms with Gasteiger partial charge in [0.25, 0.3) is 5.56 Å². The van der Waals surface area contributed by atoms with Gasteiger partial charge in [-0.3, -0.25) is 14.0 Å². The van der Waals surface area contributed by atoms with Crippen LogP contribution in [0.15, 0.2) is 69.8 Å². The Morgan fingerprint density at radius 2 is 1.77 bits per heavy atom. The van der Waals surface area contributed by atoms with Crippen molar-refractivity contribution in [2.24, 2.45) is 0 Å². The second-order valence-electron chi connectivity index (χ2n) is 7.20. The number of H-pyrrole nitrogens is 1. The Morgan fingerprint density at radius 1 is 1.00 bits per heavy atom. The zero-order valence-corrected chi connectivity index (χ0v) is 19.6. The highest BCUT2D eigenvalue weighted by atomic mass is 35.5. The zero-order chi connectivity index (χ0) is 21.9. The van der Waals surface area contributed by atoms with Gasteiger partial charge in [0.2, 0.25) is 0 Å². The number of aromatic amines is 1. The van der Waals surface area contributed by atoms with E-state index in [0.717, 1.165) is 48.3 Å². The Morgan fingerprint density at radius 3 is 2.52 bits per heavy atom. The molecule has 2 heterocycles. The molecule has 1 atom stereocenters. The molecule has 1 unspecified atom stereocenters. The van der Waals surface area contributed by atoms with Crippen molar-refractivity contribution in [3.05, 3.63) is 81.5 Å². The Balaban J connectivity index is 1.28. The van der Waals surface area contributed by atoms with E-state index in [1.807, 2.05) is 24.3 Å². The van der Waals surface area contributed by atoms with Crippen molar-refractivity contribution in [2.45, 2.75) is 48.6 Å². The summed E-state index contributed by atoms with van der Waals surface area (Å²) in [6.45, 7) is 0. The number of rotatable bonds is 12. The lowest BCUT2D eigenvalue weighted by Gasteiger charge is -2.05. The molecular weight excluding hydrogens is 450 g/mol. The maximum Gasteiger partial charge on any atom is 0.255 e. The second kappa shape index (κ2) is 12.8. The maximum atomic E-state index is 12.3. The van der Waals surface area contributed by atoms with Gasteiger partial charge in [0.05, 0.1) is 10.8 Å². The quantitative estimate of drug-likeness (QED) is 0.219. The van der Waals surface area contributed by atoms with Gasteiger partial charge in [-0.2, -0.15) is 0 Å². The normalized spacial score (nSPS) is 12.0. The molecule has 0 bridgehead atoms. The highest BCUT2D eigenvalue weighted by Gasteiger charge is 2.06. The van der Waals surface area contributed by atoms with Crippen molar-refractivity contribution in [2.75, 3.05) is 11.5 Å². The Hall–Kier alpha value is -1.96.